The number of sulfonamides is 1. The summed E-state index contributed by atoms with van der Waals surface area (Å²) < 4.78 is 25.1. The number of hydrogen-bond acceptors (Lipinski definition) is 6. The summed E-state index contributed by atoms with van der Waals surface area (Å²) in [5.41, 5.74) is 1.69. The molecule has 6 nitrogen and oxygen atoms in total. The minimum Gasteiger partial charge on any atom is -0.257 e. The highest BCUT2D eigenvalue weighted by Crippen LogP contribution is 2.29. The Labute approximate surface area is 153 Å². The third-order valence-electron chi connectivity index (χ3n) is 4.33. The summed E-state index contributed by atoms with van der Waals surface area (Å²) in [7, 11) is -3.15. The number of aromatic nitrogens is 3. The Morgan fingerprint density at radius 1 is 1.24 bits per heavy atom. The summed E-state index contributed by atoms with van der Waals surface area (Å²) in [5, 5.41) is 1.12. The van der Waals surface area contributed by atoms with Crippen molar-refractivity contribution in [1.82, 2.24) is 19.3 Å². The molecule has 1 aliphatic heterocycles. The van der Waals surface area contributed by atoms with Crippen LogP contribution in [-0.2, 0) is 16.4 Å². The van der Waals surface area contributed by atoms with Gasteiger partial charge in [0, 0.05) is 37.8 Å². The summed E-state index contributed by atoms with van der Waals surface area (Å²) in [4.78, 5) is 14.6. The predicted octanol–water partition coefficient (Wildman–Crippen LogP) is 2.94. The lowest BCUT2D eigenvalue weighted by molar-refractivity contribution is 0.314. The molecule has 3 heterocycles. The van der Waals surface area contributed by atoms with Gasteiger partial charge in [-0.1, -0.05) is 13.8 Å². The van der Waals surface area contributed by atoms with E-state index in [0.717, 1.165) is 40.5 Å². The highest BCUT2D eigenvalue weighted by Gasteiger charge is 2.27. The molecule has 136 valence electrons. The van der Waals surface area contributed by atoms with Gasteiger partial charge in [0.2, 0.25) is 10.0 Å². The summed E-state index contributed by atoms with van der Waals surface area (Å²) in [6.45, 7) is 5.45. The number of piperidine rings is 1. The zero-order valence-corrected chi connectivity index (χ0v) is 16.5. The van der Waals surface area contributed by atoms with Gasteiger partial charge in [0.15, 0.2) is 0 Å². The first-order chi connectivity index (χ1) is 11.8. The molecule has 0 aliphatic carbocycles. The molecule has 0 saturated carbocycles. The molecule has 0 N–H and O–H groups in total. The van der Waals surface area contributed by atoms with Gasteiger partial charge in [-0.15, -0.1) is 11.3 Å². The molecule has 0 amide bonds. The van der Waals surface area contributed by atoms with E-state index in [9.17, 15) is 8.42 Å². The van der Waals surface area contributed by atoms with Crippen LogP contribution in [0.1, 0.15) is 43.3 Å². The minimum atomic E-state index is -3.15. The van der Waals surface area contributed by atoms with E-state index in [2.05, 4.69) is 28.8 Å². The molecule has 2 aromatic heterocycles. The molecule has 3 rings (SSSR count). The maximum absolute atomic E-state index is 11.8. The predicted molar refractivity (Wildman–Crippen MR) is 100 cm³/mol. The van der Waals surface area contributed by atoms with Crippen molar-refractivity contribution >= 4 is 21.4 Å². The van der Waals surface area contributed by atoms with Crippen molar-refractivity contribution < 1.29 is 8.42 Å². The van der Waals surface area contributed by atoms with Gasteiger partial charge >= 0.3 is 0 Å². The number of nitrogens with zero attached hydrogens (tertiary/aromatic N) is 4. The molecule has 1 atom stereocenters. The molecule has 1 fully saturated rings. The first-order valence-electron chi connectivity index (χ1n) is 8.55. The molecule has 2 aromatic rings. The summed E-state index contributed by atoms with van der Waals surface area (Å²) in [6.07, 6.45) is 9.46. The lowest BCUT2D eigenvalue weighted by Gasteiger charge is -2.30. The van der Waals surface area contributed by atoms with E-state index in [-0.39, 0.29) is 5.92 Å². The van der Waals surface area contributed by atoms with Crippen LogP contribution in [0.3, 0.4) is 0 Å². The zero-order valence-electron chi connectivity index (χ0n) is 14.8. The molecule has 25 heavy (non-hydrogen) atoms. The Kier molecular flexibility index (Phi) is 5.50. The van der Waals surface area contributed by atoms with E-state index in [1.54, 1.807) is 23.7 Å². The van der Waals surface area contributed by atoms with Crippen molar-refractivity contribution in [2.24, 2.45) is 5.92 Å². The molecule has 0 radical (unpaired) electrons. The molecule has 0 spiro atoms. The molecule has 0 bridgehead atoms. The van der Waals surface area contributed by atoms with Crippen LogP contribution < -0.4 is 0 Å². The smallest absolute Gasteiger partial charge is 0.211 e. The SMILES string of the molecule is CC(C)Cc1ncc(-c2cnc([C@H]3CCCN(S(C)(=O)=O)C3)cn2)s1. The molecule has 1 aliphatic rings. The van der Waals surface area contributed by atoms with Crippen LogP contribution in [0.25, 0.3) is 10.6 Å². The second kappa shape index (κ2) is 7.47. The standard InChI is InChI=1S/C17H24N4O2S2/c1-12(2)7-17-20-10-16(24-17)15-9-18-14(8-19-15)13-5-4-6-21(11-13)25(3,22)23/h8-10,12-13H,4-7,11H2,1-3H3/t13-/m0/s1. The van der Waals surface area contributed by atoms with Gasteiger partial charge in [0.25, 0.3) is 0 Å². The Morgan fingerprint density at radius 3 is 2.68 bits per heavy atom. The normalized spacial score (nSPS) is 19.4. The van der Waals surface area contributed by atoms with E-state index in [0.29, 0.717) is 19.0 Å². The Bertz CT molecular complexity index is 815. The third kappa shape index (κ3) is 4.62. The highest BCUT2D eigenvalue weighted by molar-refractivity contribution is 7.88. The molecule has 8 heteroatoms. The van der Waals surface area contributed by atoms with Crippen molar-refractivity contribution in [2.45, 2.75) is 39.0 Å². The van der Waals surface area contributed by atoms with Crippen LogP contribution in [0, 0.1) is 5.92 Å². The molecule has 1 saturated heterocycles. The van der Waals surface area contributed by atoms with Crippen molar-refractivity contribution in [2.75, 3.05) is 19.3 Å². The second-order valence-corrected chi connectivity index (χ2v) is 10.1. The van der Waals surface area contributed by atoms with E-state index in [1.807, 2.05) is 6.20 Å². The summed E-state index contributed by atoms with van der Waals surface area (Å²) >= 11 is 1.66. The van der Waals surface area contributed by atoms with Crippen LogP contribution >= 0.6 is 11.3 Å². The number of hydrogen-bond donors (Lipinski definition) is 0. The quantitative estimate of drug-likeness (QED) is 0.797. The van der Waals surface area contributed by atoms with Gasteiger partial charge < -0.3 is 0 Å². The first kappa shape index (κ1) is 18.4. The van der Waals surface area contributed by atoms with E-state index >= 15 is 0 Å². The average molecular weight is 381 g/mol. The van der Waals surface area contributed by atoms with Gasteiger partial charge in [-0.25, -0.2) is 17.7 Å². The van der Waals surface area contributed by atoms with Crippen molar-refractivity contribution in [3.8, 4) is 10.6 Å². The summed E-state index contributed by atoms with van der Waals surface area (Å²) in [5.74, 6) is 0.694. The first-order valence-corrected chi connectivity index (χ1v) is 11.2. The van der Waals surface area contributed by atoms with Crippen molar-refractivity contribution in [1.29, 1.82) is 0 Å². The van der Waals surface area contributed by atoms with Crippen LogP contribution in [0.15, 0.2) is 18.6 Å². The van der Waals surface area contributed by atoms with Crippen molar-refractivity contribution in [3.05, 3.63) is 29.3 Å². The topological polar surface area (TPSA) is 76.1 Å². The fourth-order valence-corrected chi connectivity index (χ4v) is 5.04. The fraction of sp³-hybridized carbons (Fsp3) is 0.588. The van der Waals surface area contributed by atoms with Gasteiger partial charge in [0.05, 0.1) is 28.0 Å². The molecule has 0 unspecified atom stereocenters. The largest absolute Gasteiger partial charge is 0.257 e. The van der Waals surface area contributed by atoms with Crippen LogP contribution in [0.2, 0.25) is 0 Å². The van der Waals surface area contributed by atoms with Crippen LogP contribution in [0.5, 0.6) is 0 Å². The molecular formula is C17H24N4O2S2. The number of rotatable bonds is 5. The van der Waals surface area contributed by atoms with Crippen molar-refractivity contribution in [3.63, 3.8) is 0 Å². The van der Waals surface area contributed by atoms with Crippen LogP contribution in [0.4, 0.5) is 0 Å². The molecule has 0 aromatic carbocycles. The third-order valence-corrected chi connectivity index (χ3v) is 6.64. The van der Waals surface area contributed by atoms with Gasteiger partial charge in [-0.3, -0.25) is 9.97 Å². The van der Waals surface area contributed by atoms with E-state index in [1.165, 1.54) is 10.6 Å². The minimum absolute atomic E-state index is 0.114. The Hall–Kier alpha value is -1.38. The maximum atomic E-state index is 11.8. The Balaban J connectivity index is 1.73. The van der Waals surface area contributed by atoms with Crippen LogP contribution in [-0.4, -0.2) is 47.0 Å². The molecular weight excluding hydrogens is 356 g/mol. The lowest BCUT2D eigenvalue weighted by atomic mass is 9.96. The summed E-state index contributed by atoms with van der Waals surface area (Å²) in [6, 6.07) is 0. The maximum Gasteiger partial charge on any atom is 0.211 e. The zero-order chi connectivity index (χ0) is 18.0. The van der Waals surface area contributed by atoms with E-state index < -0.39 is 10.0 Å². The number of thiazole rings is 1. The average Bonchev–Trinajstić information content (AvgIpc) is 3.02. The van der Waals surface area contributed by atoms with Gasteiger partial charge in [-0.2, -0.15) is 0 Å². The fourth-order valence-electron chi connectivity index (χ4n) is 3.03. The van der Waals surface area contributed by atoms with Gasteiger partial charge in [0.1, 0.15) is 5.69 Å². The lowest BCUT2D eigenvalue weighted by Crippen LogP contribution is -2.38. The second-order valence-electron chi connectivity index (χ2n) is 7.00. The Morgan fingerprint density at radius 2 is 2.04 bits per heavy atom. The highest BCUT2D eigenvalue weighted by atomic mass is 32.2. The monoisotopic (exact) mass is 380 g/mol. The van der Waals surface area contributed by atoms with Gasteiger partial charge in [-0.05, 0) is 18.8 Å². The van der Waals surface area contributed by atoms with E-state index in [4.69, 9.17) is 0 Å².